The smallest absolute Gasteiger partial charge is 0.339 e. The predicted molar refractivity (Wildman–Crippen MR) is 107 cm³/mol. The van der Waals surface area contributed by atoms with E-state index in [1.807, 2.05) is 31.2 Å². The maximum atomic E-state index is 13.2. The molecule has 0 saturated heterocycles. The SMILES string of the molecule is CCCCn1c(C(=O)Nc2ccccc2C(=O)OC)c(C)c2ccccc21. The van der Waals surface area contributed by atoms with Crippen molar-refractivity contribution in [1.82, 2.24) is 4.57 Å². The summed E-state index contributed by atoms with van der Waals surface area (Å²) in [6.07, 6.45) is 2.02. The van der Waals surface area contributed by atoms with Gasteiger partial charge in [-0.3, -0.25) is 4.79 Å². The van der Waals surface area contributed by atoms with E-state index in [0.29, 0.717) is 16.9 Å². The number of hydrogen-bond acceptors (Lipinski definition) is 3. The maximum Gasteiger partial charge on any atom is 0.339 e. The monoisotopic (exact) mass is 364 g/mol. The van der Waals surface area contributed by atoms with Gasteiger partial charge in [-0.2, -0.15) is 0 Å². The van der Waals surface area contributed by atoms with Gasteiger partial charge in [0.2, 0.25) is 0 Å². The minimum absolute atomic E-state index is 0.226. The highest BCUT2D eigenvalue weighted by molar-refractivity contribution is 6.10. The Balaban J connectivity index is 2.04. The molecule has 0 spiro atoms. The molecule has 27 heavy (non-hydrogen) atoms. The molecule has 0 fully saturated rings. The molecule has 1 amide bonds. The molecule has 3 aromatic rings. The first-order chi connectivity index (χ1) is 13.1. The van der Waals surface area contributed by atoms with Crippen LogP contribution in [0.1, 0.15) is 46.2 Å². The van der Waals surface area contributed by atoms with Gasteiger partial charge in [0, 0.05) is 17.4 Å². The third-order valence-corrected chi connectivity index (χ3v) is 4.75. The molecule has 1 N–H and O–H groups in total. The largest absolute Gasteiger partial charge is 0.465 e. The van der Waals surface area contributed by atoms with Crippen molar-refractivity contribution in [2.24, 2.45) is 0 Å². The zero-order chi connectivity index (χ0) is 19.4. The Morgan fingerprint density at radius 3 is 2.52 bits per heavy atom. The fraction of sp³-hybridized carbons (Fsp3) is 0.273. The second-order valence-electron chi connectivity index (χ2n) is 6.49. The molecule has 1 aromatic heterocycles. The molecule has 1 heterocycles. The van der Waals surface area contributed by atoms with Crippen LogP contribution in [0.3, 0.4) is 0 Å². The highest BCUT2D eigenvalue weighted by Gasteiger charge is 2.21. The molecule has 3 rings (SSSR count). The van der Waals surface area contributed by atoms with E-state index in [0.717, 1.165) is 35.9 Å². The number of benzene rings is 2. The number of aromatic nitrogens is 1. The molecule has 0 unspecified atom stereocenters. The van der Waals surface area contributed by atoms with Gasteiger partial charge in [-0.15, -0.1) is 0 Å². The highest BCUT2D eigenvalue weighted by Crippen LogP contribution is 2.27. The average molecular weight is 364 g/mol. The summed E-state index contributed by atoms with van der Waals surface area (Å²) >= 11 is 0. The van der Waals surface area contributed by atoms with Crippen molar-refractivity contribution in [2.45, 2.75) is 33.2 Å². The summed E-state index contributed by atoms with van der Waals surface area (Å²) in [5.41, 5.74) is 3.40. The number of nitrogens with zero attached hydrogens (tertiary/aromatic N) is 1. The topological polar surface area (TPSA) is 60.3 Å². The number of carbonyl (C=O) groups excluding carboxylic acids is 2. The van der Waals surface area contributed by atoms with E-state index in [1.165, 1.54) is 7.11 Å². The summed E-state index contributed by atoms with van der Waals surface area (Å²) in [5.74, 6) is -0.703. The second kappa shape index (κ2) is 8.08. The van der Waals surface area contributed by atoms with Gasteiger partial charge in [-0.25, -0.2) is 4.79 Å². The van der Waals surface area contributed by atoms with E-state index in [9.17, 15) is 9.59 Å². The predicted octanol–water partition coefficient (Wildman–Crippen LogP) is 4.79. The maximum absolute atomic E-state index is 13.2. The van der Waals surface area contributed by atoms with Crippen LogP contribution in [-0.2, 0) is 11.3 Å². The number of anilines is 1. The molecule has 0 saturated carbocycles. The number of methoxy groups -OCH3 is 1. The Morgan fingerprint density at radius 2 is 1.78 bits per heavy atom. The first-order valence-electron chi connectivity index (χ1n) is 9.15. The van der Waals surface area contributed by atoms with Crippen molar-refractivity contribution in [2.75, 3.05) is 12.4 Å². The highest BCUT2D eigenvalue weighted by atomic mass is 16.5. The Hall–Kier alpha value is -3.08. The number of rotatable bonds is 6. The zero-order valence-electron chi connectivity index (χ0n) is 15.9. The van der Waals surface area contributed by atoms with Gasteiger partial charge in [0.1, 0.15) is 5.69 Å². The van der Waals surface area contributed by atoms with Crippen LogP contribution in [0.4, 0.5) is 5.69 Å². The Kier molecular flexibility index (Phi) is 5.60. The summed E-state index contributed by atoms with van der Waals surface area (Å²) < 4.78 is 6.89. The van der Waals surface area contributed by atoms with E-state index in [2.05, 4.69) is 16.8 Å². The van der Waals surface area contributed by atoms with Crippen molar-refractivity contribution in [3.05, 3.63) is 65.4 Å². The van der Waals surface area contributed by atoms with E-state index in [4.69, 9.17) is 4.74 Å². The normalized spacial score (nSPS) is 10.8. The fourth-order valence-electron chi connectivity index (χ4n) is 3.38. The Labute approximate surface area is 158 Å². The van der Waals surface area contributed by atoms with Crippen molar-refractivity contribution in [1.29, 1.82) is 0 Å². The molecule has 0 aliphatic rings. The number of esters is 1. The van der Waals surface area contributed by atoms with E-state index >= 15 is 0 Å². The second-order valence-corrected chi connectivity index (χ2v) is 6.49. The van der Waals surface area contributed by atoms with Crippen LogP contribution in [-0.4, -0.2) is 23.6 Å². The van der Waals surface area contributed by atoms with E-state index < -0.39 is 5.97 Å². The molecule has 0 aliphatic carbocycles. The van der Waals surface area contributed by atoms with E-state index in [-0.39, 0.29) is 5.91 Å². The third-order valence-electron chi connectivity index (χ3n) is 4.75. The Morgan fingerprint density at radius 1 is 1.07 bits per heavy atom. The standard InChI is InChI=1S/C22H24N2O3/c1-4-5-14-24-19-13-9-7-10-16(19)15(2)20(24)21(25)23-18-12-8-6-11-17(18)22(26)27-3/h6-13H,4-5,14H2,1-3H3,(H,23,25). The number of carbonyl (C=O) groups is 2. The van der Waals surface area contributed by atoms with Gasteiger partial charge in [0.05, 0.1) is 18.4 Å². The lowest BCUT2D eigenvalue weighted by Crippen LogP contribution is -2.20. The van der Waals surface area contributed by atoms with Crippen LogP contribution >= 0.6 is 0 Å². The molecule has 0 bridgehead atoms. The van der Waals surface area contributed by atoms with Crippen LogP contribution in [0.25, 0.3) is 10.9 Å². The number of hydrogen-bond donors (Lipinski definition) is 1. The summed E-state index contributed by atoms with van der Waals surface area (Å²) in [6, 6.07) is 14.9. The molecule has 2 aromatic carbocycles. The van der Waals surface area contributed by atoms with Gasteiger partial charge in [-0.1, -0.05) is 43.7 Å². The van der Waals surface area contributed by atoms with Gasteiger partial charge >= 0.3 is 5.97 Å². The lowest BCUT2D eigenvalue weighted by Gasteiger charge is -2.13. The van der Waals surface area contributed by atoms with Gasteiger partial charge in [-0.05, 0) is 37.1 Å². The van der Waals surface area contributed by atoms with Crippen molar-refractivity contribution < 1.29 is 14.3 Å². The Bertz CT molecular complexity index is 988. The van der Waals surface area contributed by atoms with Gasteiger partial charge in [0.15, 0.2) is 0 Å². The van der Waals surface area contributed by atoms with Gasteiger partial charge < -0.3 is 14.6 Å². The number of unbranched alkanes of at least 4 members (excludes halogenated alkanes) is 1. The fourth-order valence-corrected chi connectivity index (χ4v) is 3.38. The van der Waals surface area contributed by atoms with Gasteiger partial charge in [0.25, 0.3) is 5.91 Å². The molecule has 140 valence electrons. The summed E-state index contributed by atoms with van der Waals surface area (Å²) in [5, 5.41) is 3.97. The number of ether oxygens (including phenoxy) is 1. The third kappa shape index (κ3) is 3.58. The molecule has 5 heteroatoms. The number of amides is 1. The van der Waals surface area contributed by atoms with Crippen molar-refractivity contribution >= 4 is 28.5 Å². The summed E-state index contributed by atoms with van der Waals surface area (Å²) in [6.45, 7) is 4.86. The number of nitrogens with one attached hydrogen (secondary N) is 1. The van der Waals surface area contributed by atoms with Crippen molar-refractivity contribution in [3.8, 4) is 0 Å². The molecule has 0 radical (unpaired) electrons. The molecular formula is C22H24N2O3. The van der Waals surface area contributed by atoms with Crippen LogP contribution in [0.2, 0.25) is 0 Å². The first-order valence-corrected chi connectivity index (χ1v) is 9.15. The summed E-state index contributed by atoms with van der Waals surface area (Å²) in [4.78, 5) is 25.2. The number of aryl methyl sites for hydroxylation is 2. The molecule has 0 atom stereocenters. The van der Waals surface area contributed by atoms with Crippen molar-refractivity contribution in [3.63, 3.8) is 0 Å². The number of para-hydroxylation sites is 2. The quantitative estimate of drug-likeness (QED) is 0.640. The molecular weight excluding hydrogens is 340 g/mol. The summed E-state index contributed by atoms with van der Waals surface area (Å²) in [7, 11) is 1.33. The lowest BCUT2D eigenvalue weighted by atomic mass is 10.1. The lowest BCUT2D eigenvalue weighted by molar-refractivity contribution is 0.0602. The van der Waals surface area contributed by atoms with Crippen LogP contribution in [0.5, 0.6) is 0 Å². The average Bonchev–Trinajstić information content (AvgIpc) is 2.98. The first kappa shape index (κ1) is 18.7. The van der Waals surface area contributed by atoms with E-state index in [1.54, 1.807) is 24.3 Å². The van der Waals surface area contributed by atoms with Crippen LogP contribution in [0.15, 0.2) is 48.5 Å². The minimum Gasteiger partial charge on any atom is -0.465 e. The molecule has 0 aliphatic heterocycles. The molecule has 5 nitrogen and oxygen atoms in total. The van der Waals surface area contributed by atoms with Crippen LogP contribution in [0, 0.1) is 6.92 Å². The number of fused-ring (bicyclic) bond motifs is 1. The minimum atomic E-state index is -0.478. The van der Waals surface area contributed by atoms with Crippen LogP contribution < -0.4 is 5.32 Å². The zero-order valence-corrected chi connectivity index (χ0v) is 15.9.